The van der Waals surface area contributed by atoms with Gasteiger partial charge in [-0.1, -0.05) is 53.8 Å². The molecule has 1 aliphatic heterocycles. The molecule has 2 aromatic carbocycles. The highest BCUT2D eigenvalue weighted by molar-refractivity contribution is 7.17. The van der Waals surface area contributed by atoms with E-state index in [0.29, 0.717) is 29.2 Å². The topological polar surface area (TPSA) is 106 Å². The second-order valence-electron chi connectivity index (χ2n) is 8.79. The molecule has 0 aliphatic carbocycles. The largest absolute Gasteiger partial charge is 0.507 e. The number of carbonyl (C=O) groups excluding carboxylic acids is 3. The second kappa shape index (κ2) is 11.0. The summed E-state index contributed by atoms with van der Waals surface area (Å²) in [5.74, 6) is -1.94. The third kappa shape index (κ3) is 4.97. The standard InChI is InChI=1S/C29H28N2O6S/c1-6-14-37-20-12-10-19(11-13-20)23-22(24(32)21-15-16(3)8-9-17(21)4)25(33)27(34)31(23)29-30-18(5)26(38-29)28(35)36-7-2/h6,8-13,15,23,32H,1,7,14H2,2-5H3. The number of thiazole rings is 1. The number of anilines is 1. The molecule has 0 saturated carbocycles. The maximum absolute atomic E-state index is 13.5. The number of aliphatic hydroxyl groups excluding tert-OH is 1. The molecule has 1 aromatic heterocycles. The Bertz CT molecular complexity index is 1450. The Morgan fingerprint density at radius 1 is 1.16 bits per heavy atom. The number of ketones is 1. The molecule has 1 aliphatic rings. The quantitative estimate of drug-likeness (QED) is 0.135. The predicted octanol–water partition coefficient (Wildman–Crippen LogP) is 5.44. The molecule has 8 nitrogen and oxygen atoms in total. The zero-order valence-corrected chi connectivity index (χ0v) is 22.4. The first-order chi connectivity index (χ1) is 18.2. The summed E-state index contributed by atoms with van der Waals surface area (Å²) in [7, 11) is 0. The molecule has 0 bridgehead atoms. The number of nitrogens with zero attached hydrogens (tertiary/aromatic N) is 2. The highest BCUT2D eigenvalue weighted by atomic mass is 32.1. The van der Waals surface area contributed by atoms with Gasteiger partial charge in [0, 0.05) is 5.56 Å². The molecule has 38 heavy (non-hydrogen) atoms. The maximum atomic E-state index is 13.5. The molecule has 1 unspecified atom stereocenters. The number of esters is 1. The third-order valence-electron chi connectivity index (χ3n) is 6.11. The molecule has 1 fully saturated rings. The molecule has 0 spiro atoms. The molecule has 1 atom stereocenters. The van der Waals surface area contributed by atoms with Gasteiger partial charge in [-0.15, -0.1) is 0 Å². The normalized spacial score (nSPS) is 16.5. The molecule has 1 amide bonds. The van der Waals surface area contributed by atoms with Crippen molar-refractivity contribution in [2.75, 3.05) is 18.1 Å². The van der Waals surface area contributed by atoms with Crippen molar-refractivity contribution in [2.45, 2.75) is 33.7 Å². The first-order valence-electron chi connectivity index (χ1n) is 12.0. The number of rotatable bonds is 8. The van der Waals surface area contributed by atoms with Gasteiger partial charge in [0.15, 0.2) is 5.13 Å². The SMILES string of the molecule is C=CCOc1ccc(C2C(=C(O)c3cc(C)ccc3C)C(=O)C(=O)N2c2nc(C)c(C(=O)OCC)s2)cc1. The zero-order chi connectivity index (χ0) is 27.6. The number of aliphatic hydroxyl groups is 1. The summed E-state index contributed by atoms with van der Waals surface area (Å²) in [6.07, 6.45) is 1.62. The molecular formula is C29H28N2O6S. The van der Waals surface area contributed by atoms with Crippen molar-refractivity contribution in [3.05, 3.63) is 93.5 Å². The highest BCUT2D eigenvalue weighted by Gasteiger charge is 2.48. The van der Waals surface area contributed by atoms with Crippen LogP contribution >= 0.6 is 11.3 Å². The van der Waals surface area contributed by atoms with E-state index in [1.54, 1.807) is 50.3 Å². The average molecular weight is 533 g/mol. The summed E-state index contributed by atoms with van der Waals surface area (Å²) in [5.41, 5.74) is 2.98. The van der Waals surface area contributed by atoms with E-state index in [0.717, 1.165) is 22.5 Å². The molecule has 1 N–H and O–H groups in total. The van der Waals surface area contributed by atoms with Crippen LogP contribution in [0.15, 0.2) is 60.7 Å². The van der Waals surface area contributed by atoms with Crippen LogP contribution in [0.1, 0.15) is 50.6 Å². The van der Waals surface area contributed by atoms with Gasteiger partial charge in [-0.25, -0.2) is 9.78 Å². The number of Topliss-reactive ketones (excluding diaryl/α,β-unsaturated/α-hetero) is 1. The summed E-state index contributed by atoms with van der Waals surface area (Å²) in [5, 5.41) is 11.6. The maximum Gasteiger partial charge on any atom is 0.350 e. The summed E-state index contributed by atoms with van der Waals surface area (Å²) in [4.78, 5) is 45.3. The van der Waals surface area contributed by atoms with E-state index in [1.165, 1.54) is 4.90 Å². The zero-order valence-electron chi connectivity index (χ0n) is 21.6. The van der Waals surface area contributed by atoms with Gasteiger partial charge < -0.3 is 14.6 Å². The molecule has 4 rings (SSSR count). The van der Waals surface area contributed by atoms with Crippen molar-refractivity contribution < 1.29 is 29.0 Å². The number of carbonyl (C=O) groups is 3. The van der Waals surface area contributed by atoms with Gasteiger partial charge in [0.2, 0.25) is 0 Å². The van der Waals surface area contributed by atoms with Gasteiger partial charge in [0.1, 0.15) is 23.0 Å². The Labute approximate surface area is 224 Å². The number of benzene rings is 2. The van der Waals surface area contributed by atoms with E-state index < -0.39 is 23.7 Å². The van der Waals surface area contributed by atoms with E-state index in [4.69, 9.17) is 9.47 Å². The van der Waals surface area contributed by atoms with Crippen LogP contribution in [0.5, 0.6) is 5.75 Å². The smallest absolute Gasteiger partial charge is 0.350 e. The van der Waals surface area contributed by atoms with Crippen LogP contribution in [0, 0.1) is 20.8 Å². The minimum absolute atomic E-state index is 0.0611. The molecule has 1 saturated heterocycles. The van der Waals surface area contributed by atoms with Crippen LogP contribution in [0.25, 0.3) is 5.76 Å². The monoisotopic (exact) mass is 532 g/mol. The van der Waals surface area contributed by atoms with Crippen LogP contribution in [-0.4, -0.2) is 41.0 Å². The van der Waals surface area contributed by atoms with Crippen molar-refractivity contribution in [1.82, 2.24) is 4.98 Å². The number of ether oxygens (including phenoxy) is 2. The second-order valence-corrected chi connectivity index (χ2v) is 9.77. The summed E-state index contributed by atoms with van der Waals surface area (Å²) < 4.78 is 10.7. The summed E-state index contributed by atoms with van der Waals surface area (Å²) in [6, 6.07) is 11.4. The van der Waals surface area contributed by atoms with Crippen LogP contribution < -0.4 is 9.64 Å². The summed E-state index contributed by atoms with van der Waals surface area (Å²) in [6.45, 7) is 11.2. The van der Waals surface area contributed by atoms with Crippen LogP contribution in [0.2, 0.25) is 0 Å². The van der Waals surface area contributed by atoms with E-state index in [1.807, 2.05) is 26.0 Å². The fraction of sp³-hybridized carbons (Fsp3) is 0.241. The van der Waals surface area contributed by atoms with Crippen molar-refractivity contribution >= 4 is 39.9 Å². The number of amides is 1. The Kier molecular flexibility index (Phi) is 7.78. The molecule has 2 heterocycles. The average Bonchev–Trinajstić information content (AvgIpc) is 3.41. The highest BCUT2D eigenvalue weighted by Crippen LogP contribution is 2.44. The van der Waals surface area contributed by atoms with Gasteiger partial charge >= 0.3 is 11.9 Å². The fourth-order valence-electron chi connectivity index (χ4n) is 4.25. The third-order valence-corrected chi connectivity index (χ3v) is 7.25. The Balaban J connectivity index is 1.91. The van der Waals surface area contributed by atoms with Gasteiger partial charge in [-0.05, 0) is 57.0 Å². The predicted molar refractivity (Wildman–Crippen MR) is 146 cm³/mol. The van der Waals surface area contributed by atoms with Crippen LogP contribution in [0.3, 0.4) is 0 Å². The van der Waals surface area contributed by atoms with Gasteiger partial charge in [0.25, 0.3) is 5.78 Å². The molecule has 3 aromatic rings. The van der Waals surface area contributed by atoms with Crippen molar-refractivity contribution in [1.29, 1.82) is 0 Å². The van der Waals surface area contributed by atoms with Crippen molar-refractivity contribution in [2.24, 2.45) is 0 Å². The first kappa shape index (κ1) is 26.8. The minimum Gasteiger partial charge on any atom is -0.507 e. The fourth-order valence-corrected chi connectivity index (χ4v) is 5.24. The van der Waals surface area contributed by atoms with E-state index in [-0.39, 0.29) is 27.9 Å². The lowest BCUT2D eigenvalue weighted by atomic mass is 9.93. The summed E-state index contributed by atoms with van der Waals surface area (Å²) >= 11 is 0.966. The minimum atomic E-state index is -0.982. The lowest BCUT2D eigenvalue weighted by Gasteiger charge is -2.23. The van der Waals surface area contributed by atoms with E-state index >= 15 is 0 Å². The Morgan fingerprint density at radius 2 is 1.87 bits per heavy atom. The number of aryl methyl sites for hydroxylation is 3. The first-order valence-corrected chi connectivity index (χ1v) is 12.9. The Morgan fingerprint density at radius 3 is 2.53 bits per heavy atom. The van der Waals surface area contributed by atoms with Crippen molar-refractivity contribution in [3.8, 4) is 5.75 Å². The van der Waals surface area contributed by atoms with Gasteiger partial charge in [0.05, 0.1) is 23.9 Å². The number of hydrogen-bond donors (Lipinski definition) is 1. The van der Waals surface area contributed by atoms with Crippen molar-refractivity contribution in [3.63, 3.8) is 0 Å². The van der Waals surface area contributed by atoms with E-state index in [9.17, 15) is 19.5 Å². The van der Waals surface area contributed by atoms with Crippen LogP contribution in [0.4, 0.5) is 5.13 Å². The molecule has 0 radical (unpaired) electrons. The lowest BCUT2D eigenvalue weighted by Crippen LogP contribution is -2.29. The lowest BCUT2D eigenvalue weighted by molar-refractivity contribution is -0.132. The van der Waals surface area contributed by atoms with Crippen LogP contribution in [-0.2, 0) is 14.3 Å². The van der Waals surface area contributed by atoms with E-state index in [2.05, 4.69) is 11.6 Å². The van der Waals surface area contributed by atoms with Gasteiger partial charge in [-0.3, -0.25) is 14.5 Å². The number of aromatic nitrogens is 1. The Hall–Kier alpha value is -4.24. The van der Waals surface area contributed by atoms with Gasteiger partial charge in [-0.2, -0.15) is 0 Å². The molecule has 196 valence electrons. The molecular weight excluding hydrogens is 504 g/mol. The molecule has 9 heteroatoms. The number of hydrogen-bond acceptors (Lipinski definition) is 8.